The largest absolute Gasteiger partial charge is 0.397 e. The highest BCUT2D eigenvalue weighted by Gasteiger charge is 2.12. The second-order valence-electron chi connectivity index (χ2n) is 4.58. The van der Waals surface area contributed by atoms with Crippen LogP contribution in [-0.4, -0.2) is 29.1 Å². The summed E-state index contributed by atoms with van der Waals surface area (Å²) in [5.41, 5.74) is 11.6. The Labute approximate surface area is 113 Å². The van der Waals surface area contributed by atoms with Gasteiger partial charge in [-0.1, -0.05) is 13.3 Å². The van der Waals surface area contributed by atoms with Crippen LogP contribution in [0.3, 0.4) is 0 Å². The van der Waals surface area contributed by atoms with E-state index in [0.717, 1.165) is 19.3 Å². The predicted molar refractivity (Wildman–Crippen MR) is 75.8 cm³/mol. The summed E-state index contributed by atoms with van der Waals surface area (Å²) in [6.45, 7) is 2.90. The lowest BCUT2D eigenvalue weighted by molar-refractivity contribution is 0.100. The zero-order valence-corrected chi connectivity index (χ0v) is 11.2. The molecule has 0 bridgehead atoms. The minimum absolute atomic E-state index is 0.157. The summed E-state index contributed by atoms with van der Waals surface area (Å²) in [6, 6.07) is 1.51. The van der Waals surface area contributed by atoms with Crippen LogP contribution in [0, 0.1) is 5.92 Å². The van der Waals surface area contributed by atoms with Crippen molar-refractivity contribution in [3.63, 3.8) is 0 Å². The first-order valence-corrected chi connectivity index (χ1v) is 6.48. The summed E-state index contributed by atoms with van der Waals surface area (Å²) in [5.74, 6) is 0.229. The molecule has 0 saturated heterocycles. The third kappa shape index (κ3) is 4.75. The number of aliphatic hydroxyl groups excluding tert-OH is 1. The van der Waals surface area contributed by atoms with Crippen molar-refractivity contribution in [2.45, 2.75) is 26.2 Å². The molecule has 0 aliphatic carbocycles. The number of aliphatic hydroxyl groups is 1. The Morgan fingerprint density at radius 3 is 2.84 bits per heavy atom. The van der Waals surface area contributed by atoms with E-state index in [1.54, 1.807) is 0 Å². The van der Waals surface area contributed by atoms with Gasteiger partial charge >= 0.3 is 0 Å². The number of anilines is 2. The number of carbonyl (C=O) groups is 1. The Bertz CT molecular complexity index is 417. The molecule has 1 amide bonds. The Morgan fingerprint density at radius 1 is 1.53 bits per heavy atom. The van der Waals surface area contributed by atoms with Crippen molar-refractivity contribution in [2.75, 3.05) is 24.2 Å². The van der Waals surface area contributed by atoms with Crippen LogP contribution in [0.1, 0.15) is 36.5 Å². The molecule has 1 rings (SSSR count). The number of primary amides is 1. The number of aromatic nitrogens is 1. The van der Waals surface area contributed by atoms with Gasteiger partial charge in [0, 0.05) is 13.2 Å². The van der Waals surface area contributed by atoms with Gasteiger partial charge in [0.25, 0.3) is 5.91 Å². The molecular formula is C13H22N4O2. The van der Waals surface area contributed by atoms with Crippen LogP contribution < -0.4 is 16.8 Å². The van der Waals surface area contributed by atoms with Gasteiger partial charge in [0.05, 0.1) is 17.4 Å². The Morgan fingerprint density at radius 2 is 2.26 bits per heavy atom. The molecule has 1 heterocycles. The number of rotatable bonds is 8. The quantitative estimate of drug-likeness (QED) is 0.560. The maximum Gasteiger partial charge on any atom is 0.252 e. The molecule has 6 N–H and O–H groups in total. The van der Waals surface area contributed by atoms with Crippen molar-refractivity contribution >= 4 is 17.4 Å². The minimum Gasteiger partial charge on any atom is -0.397 e. The summed E-state index contributed by atoms with van der Waals surface area (Å²) >= 11 is 0. The number of hydrogen-bond donors (Lipinski definition) is 4. The molecule has 0 saturated carbocycles. The van der Waals surface area contributed by atoms with Crippen LogP contribution in [0.25, 0.3) is 0 Å². The van der Waals surface area contributed by atoms with E-state index in [2.05, 4.69) is 17.2 Å². The molecule has 1 unspecified atom stereocenters. The zero-order valence-electron chi connectivity index (χ0n) is 11.2. The van der Waals surface area contributed by atoms with Gasteiger partial charge in [-0.3, -0.25) is 4.79 Å². The molecule has 6 heteroatoms. The summed E-state index contributed by atoms with van der Waals surface area (Å²) in [6.07, 6.45) is 4.26. The fourth-order valence-corrected chi connectivity index (χ4v) is 1.99. The molecule has 6 nitrogen and oxygen atoms in total. The lowest BCUT2D eigenvalue weighted by Gasteiger charge is -2.17. The number of nitrogen functional groups attached to an aromatic ring is 1. The molecule has 0 radical (unpaired) electrons. The second kappa shape index (κ2) is 7.58. The molecule has 1 aromatic heterocycles. The molecular weight excluding hydrogens is 244 g/mol. The molecule has 0 aromatic carbocycles. The fourth-order valence-electron chi connectivity index (χ4n) is 1.99. The lowest BCUT2D eigenvalue weighted by atomic mass is 10.0. The number of nitrogens with zero attached hydrogens (tertiary/aromatic N) is 1. The van der Waals surface area contributed by atoms with Gasteiger partial charge in [0.1, 0.15) is 5.82 Å². The third-order valence-corrected chi connectivity index (χ3v) is 2.97. The number of nitrogens with two attached hydrogens (primary N) is 2. The highest BCUT2D eigenvalue weighted by molar-refractivity contribution is 5.98. The Balaban J connectivity index is 2.73. The molecule has 0 spiro atoms. The van der Waals surface area contributed by atoms with Gasteiger partial charge in [-0.15, -0.1) is 0 Å². The highest BCUT2D eigenvalue weighted by Crippen LogP contribution is 2.17. The summed E-state index contributed by atoms with van der Waals surface area (Å²) < 4.78 is 0. The molecule has 0 aliphatic heterocycles. The van der Waals surface area contributed by atoms with Crippen LogP contribution in [0.4, 0.5) is 11.5 Å². The average Bonchev–Trinajstić information content (AvgIpc) is 2.37. The molecule has 0 aliphatic rings. The van der Waals surface area contributed by atoms with E-state index in [1.807, 2.05) is 0 Å². The van der Waals surface area contributed by atoms with Crippen molar-refractivity contribution in [2.24, 2.45) is 11.7 Å². The predicted octanol–water partition coefficient (Wildman–Crippen LogP) is 0.973. The Kier molecular flexibility index (Phi) is 6.08. The first kappa shape index (κ1) is 15.2. The first-order valence-electron chi connectivity index (χ1n) is 6.48. The molecule has 106 valence electrons. The van der Waals surface area contributed by atoms with Gasteiger partial charge in [-0.25, -0.2) is 4.98 Å². The lowest BCUT2D eigenvalue weighted by Crippen LogP contribution is -2.20. The number of amides is 1. The molecule has 1 atom stereocenters. The van der Waals surface area contributed by atoms with E-state index in [1.165, 1.54) is 12.3 Å². The molecule has 0 fully saturated rings. The van der Waals surface area contributed by atoms with Crippen LogP contribution in [0.5, 0.6) is 0 Å². The van der Waals surface area contributed by atoms with E-state index < -0.39 is 5.91 Å². The normalized spacial score (nSPS) is 12.1. The van der Waals surface area contributed by atoms with E-state index in [-0.39, 0.29) is 6.61 Å². The summed E-state index contributed by atoms with van der Waals surface area (Å²) in [7, 11) is 0. The summed E-state index contributed by atoms with van der Waals surface area (Å²) in [5, 5.41) is 12.1. The smallest absolute Gasteiger partial charge is 0.252 e. The van der Waals surface area contributed by atoms with E-state index in [0.29, 0.717) is 29.5 Å². The number of carbonyl (C=O) groups excluding carboxylic acids is 1. The van der Waals surface area contributed by atoms with Crippen molar-refractivity contribution in [3.8, 4) is 0 Å². The zero-order chi connectivity index (χ0) is 14.3. The van der Waals surface area contributed by atoms with E-state index in [9.17, 15) is 4.79 Å². The number of nitrogens with one attached hydrogen (secondary N) is 1. The summed E-state index contributed by atoms with van der Waals surface area (Å²) in [4.78, 5) is 15.4. The number of pyridine rings is 1. The van der Waals surface area contributed by atoms with Crippen molar-refractivity contribution in [3.05, 3.63) is 17.8 Å². The fraction of sp³-hybridized carbons (Fsp3) is 0.538. The van der Waals surface area contributed by atoms with Gasteiger partial charge in [0.15, 0.2) is 0 Å². The van der Waals surface area contributed by atoms with Crippen molar-refractivity contribution < 1.29 is 9.90 Å². The van der Waals surface area contributed by atoms with Crippen molar-refractivity contribution in [1.82, 2.24) is 4.98 Å². The van der Waals surface area contributed by atoms with Gasteiger partial charge in [-0.2, -0.15) is 0 Å². The first-order chi connectivity index (χ1) is 9.08. The topological polar surface area (TPSA) is 114 Å². The SMILES string of the molecule is CCCC(CCO)CNc1ncc(N)cc1C(N)=O. The van der Waals surface area contributed by atoms with Crippen molar-refractivity contribution in [1.29, 1.82) is 0 Å². The van der Waals surface area contributed by atoms with E-state index in [4.69, 9.17) is 16.6 Å². The maximum absolute atomic E-state index is 11.3. The molecule has 1 aromatic rings. The van der Waals surface area contributed by atoms with Crippen LogP contribution in [0.15, 0.2) is 12.3 Å². The number of hydrogen-bond acceptors (Lipinski definition) is 5. The van der Waals surface area contributed by atoms with Crippen LogP contribution in [-0.2, 0) is 0 Å². The van der Waals surface area contributed by atoms with Gasteiger partial charge in [0.2, 0.25) is 0 Å². The molecule has 19 heavy (non-hydrogen) atoms. The average molecular weight is 266 g/mol. The maximum atomic E-state index is 11.3. The Hall–Kier alpha value is -1.82. The van der Waals surface area contributed by atoms with E-state index >= 15 is 0 Å². The monoisotopic (exact) mass is 266 g/mol. The highest BCUT2D eigenvalue weighted by atomic mass is 16.3. The second-order valence-corrected chi connectivity index (χ2v) is 4.58. The van der Waals surface area contributed by atoms with Gasteiger partial charge < -0.3 is 21.9 Å². The standard InChI is InChI=1S/C13H22N4O2/c1-2-3-9(4-5-18)7-16-13-11(12(15)19)6-10(14)8-17-13/h6,8-9,18H,2-5,7,14H2,1H3,(H2,15,19)(H,16,17). The minimum atomic E-state index is -0.559. The van der Waals surface area contributed by atoms with Gasteiger partial charge in [-0.05, 0) is 24.8 Å². The van der Waals surface area contributed by atoms with Crippen LogP contribution in [0.2, 0.25) is 0 Å². The van der Waals surface area contributed by atoms with Crippen LogP contribution >= 0.6 is 0 Å². The third-order valence-electron chi connectivity index (χ3n) is 2.97.